The van der Waals surface area contributed by atoms with Crippen LogP contribution < -0.4 is 5.32 Å². The second kappa shape index (κ2) is 6.73. The highest BCUT2D eigenvalue weighted by Crippen LogP contribution is 2.25. The Morgan fingerprint density at radius 2 is 2.14 bits per heavy atom. The van der Waals surface area contributed by atoms with Crippen molar-refractivity contribution < 1.29 is 0 Å². The molecule has 0 aromatic heterocycles. The molecule has 1 saturated heterocycles. The summed E-state index contributed by atoms with van der Waals surface area (Å²) in [6.45, 7) is 8.19. The third kappa shape index (κ3) is 4.70. The first-order valence-corrected chi connectivity index (χ1v) is 7.10. The van der Waals surface area contributed by atoms with Crippen molar-refractivity contribution in [3.63, 3.8) is 0 Å². The quantitative estimate of drug-likeness (QED) is 0.682. The lowest BCUT2D eigenvalue weighted by Gasteiger charge is -2.16. The van der Waals surface area contributed by atoms with Crippen molar-refractivity contribution in [1.82, 2.24) is 5.32 Å². The molecule has 1 nitrogen and oxygen atoms in total. The van der Waals surface area contributed by atoms with E-state index >= 15 is 0 Å². The van der Waals surface area contributed by atoms with Crippen molar-refractivity contribution in [3.05, 3.63) is 0 Å². The van der Waals surface area contributed by atoms with E-state index in [1.165, 1.54) is 38.0 Å². The summed E-state index contributed by atoms with van der Waals surface area (Å²) in [5, 5.41) is 4.52. The smallest absolute Gasteiger partial charge is 0.0191 e. The minimum Gasteiger partial charge on any atom is -0.313 e. The van der Waals surface area contributed by atoms with Crippen LogP contribution in [0.4, 0.5) is 0 Å². The molecule has 0 bridgehead atoms. The minimum absolute atomic E-state index is 0.791. The fraction of sp³-hybridized carbons (Fsp3) is 1.00. The molecular weight excluding hydrogens is 190 g/mol. The van der Waals surface area contributed by atoms with Gasteiger partial charge in [-0.1, -0.05) is 33.6 Å². The van der Waals surface area contributed by atoms with Crippen LogP contribution >= 0.6 is 11.8 Å². The summed E-state index contributed by atoms with van der Waals surface area (Å²) in [6, 6.07) is 0.791. The van der Waals surface area contributed by atoms with E-state index in [0.29, 0.717) is 0 Å². The van der Waals surface area contributed by atoms with Gasteiger partial charge in [0.15, 0.2) is 0 Å². The molecule has 0 amide bonds. The Morgan fingerprint density at radius 1 is 1.36 bits per heavy atom. The molecule has 0 aromatic carbocycles. The van der Waals surface area contributed by atoms with Gasteiger partial charge in [-0.15, -0.1) is 0 Å². The van der Waals surface area contributed by atoms with Crippen LogP contribution in [0.25, 0.3) is 0 Å². The summed E-state index contributed by atoms with van der Waals surface area (Å²) in [5.41, 5.74) is 0. The van der Waals surface area contributed by atoms with Gasteiger partial charge in [-0.3, -0.25) is 0 Å². The van der Waals surface area contributed by atoms with Crippen molar-refractivity contribution in [2.24, 2.45) is 5.92 Å². The molecule has 1 heterocycles. The van der Waals surface area contributed by atoms with E-state index in [2.05, 4.69) is 37.8 Å². The van der Waals surface area contributed by atoms with Crippen LogP contribution in [0.1, 0.15) is 46.5 Å². The van der Waals surface area contributed by atoms with Crippen molar-refractivity contribution in [3.8, 4) is 0 Å². The first-order chi connectivity index (χ1) is 6.70. The summed E-state index contributed by atoms with van der Waals surface area (Å²) >= 11 is 2.11. The molecule has 1 fully saturated rings. The highest BCUT2D eigenvalue weighted by molar-refractivity contribution is 8.00. The Morgan fingerprint density at radius 3 is 2.71 bits per heavy atom. The molecule has 1 N–H and O–H groups in total. The Bertz CT molecular complexity index is 147. The molecule has 1 aliphatic rings. The lowest BCUT2D eigenvalue weighted by atomic mass is 10.1. The molecule has 2 atom stereocenters. The maximum Gasteiger partial charge on any atom is 0.0191 e. The van der Waals surface area contributed by atoms with E-state index in [0.717, 1.165) is 17.2 Å². The van der Waals surface area contributed by atoms with E-state index < -0.39 is 0 Å². The van der Waals surface area contributed by atoms with Gasteiger partial charge in [-0.25, -0.2) is 0 Å². The van der Waals surface area contributed by atoms with Gasteiger partial charge in [-0.05, 0) is 31.1 Å². The van der Waals surface area contributed by atoms with E-state index in [1.807, 2.05) is 0 Å². The molecule has 0 saturated carbocycles. The highest BCUT2D eigenvalue weighted by atomic mass is 32.2. The van der Waals surface area contributed by atoms with Crippen molar-refractivity contribution >= 4 is 11.8 Å². The van der Waals surface area contributed by atoms with E-state index in [-0.39, 0.29) is 0 Å². The average molecular weight is 215 g/mol. The Balaban J connectivity index is 1.93. The zero-order valence-electron chi connectivity index (χ0n) is 9.88. The van der Waals surface area contributed by atoms with Crippen molar-refractivity contribution in [2.75, 3.05) is 12.3 Å². The second-order valence-corrected chi connectivity index (χ2v) is 6.30. The molecule has 1 rings (SSSR count). The Kier molecular flexibility index (Phi) is 5.95. The molecular formula is C12H25NS. The third-order valence-corrected chi connectivity index (χ3v) is 4.32. The van der Waals surface area contributed by atoms with Gasteiger partial charge < -0.3 is 5.32 Å². The molecule has 0 radical (unpaired) electrons. The number of nitrogens with one attached hydrogen (secondary N) is 1. The number of unbranched alkanes of at least 4 members (excludes halogenated alkanes) is 1. The number of rotatable bonds is 6. The molecule has 1 aliphatic heterocycles. The third-order valence-electron chi connectivity index (χ3n) is 2.99. The number of hydrogen-bond acceptors (Lipinski definition) is 2. The van der Waals surface area contributed by atoms with Gasteiger partial charge >= 0.3 is 0 Å². The highest BCUT2D eigenvalue weighted by Gasteiger charge is 2.22. The molecule has 14 heavy (non-hydrogen) atoms. The van der Waals surface area contributed by atoms with Crippen LogP contribution in [-0.2, 0) is 0 Å². The minimum atomic E-state index is 0.791. The van der Waals surface area contributed by atoms with E-state index in [9.17, 15) is 0 Å². The zero-order chi connectivity index (χ0) is 10.4. The lowest BCUT2D eigenvalue weighted by Crippen LogP contribution is -2.34. The SMILES string of the molecule is CC(C)CCCCNC1CCSC1C. The Labute approximate surface area is 93.4 Å². The van der Waals surface area contributed by atoms with Gasteiger partial charge in [0, 0.05) is 11.3 Å². The van der Waals surface area contributed by atoms with E-state index in [1.54, 1.807) is 0 Å². The first-order valence-electron chi connectivity index (χ1n) is 6.05. The van der Waals surface area contributed by atoms with Crippen molar-refractivity contribution in [2.45, 2.75) is 57.7 Å². The van der Waals surface area contributed by atoms with Crippen LogP contribution in [-0.4, -0.2) is 23.6 Å². The maximum atomic E-state index is 3.68. The number of hydrogen-bond donors (Lipinski definition) is 1. The summed E-state index contributed by atoms with van der Waals surface area (Å²) in [5.74, 6) is 2.22. The predicted molar refractivity (Wildman–Crippen MR) is 67.0 cm³/mol. The fourth-order valence-electron chi connectivity index (χ4n) is 1.96. The monoisotopic (exact) mass is 215 g/mol. The molecule has 2 unspecified atom stereocenters. The average Bonchev–Trinajstić information content (AvgIpc) is 2.51. The first kappa shape index (κ1) is 12.4. The predicted octanol–water partition coefficient (Wildman–Crippen LogP) is 3.30. The molecule has 84 valence electrons. The normalized spacial score (nSPS) is 27.4. The summed E-state index contributed by atoms with van der Waals surface area (Å²) in [6.07, 6.45) is 5.50. The second-order valence-electron chi connectivity index (χ2n) is 4.81. The van der Waals surface area contributed by atoms with E-state index in [4.69, 9.17) is 0 Å². The molecule has 0 aliphatic carbocycles. The standard InChI is InChI=1S/C12H25NS/c1-10(2)6-4-5-8-13-12-7-9-14-11(12)3/h10-13H,4-9H2,1-3H3. The summed E-state index contributed by atoms with van der Waals surface area (Å²) in [7, 11) is 0. The largest absolute Gasteiger partial charge is 0.313 e. The van der Waals surface area contributed by atoms with Crippen LogP contribution in [0.5, 0.6) is 0 Å². The van der Waals surface area contributed by atoms with Gasteiger partial charge in [0.05, 0.1) is 0 Å². The van der Waals surface area contributed by atoms with Crippen LogP contribution in [0.2, 0.25) is 0 Å². The zero-order valence-corrected chi connectivity index (χ0v) is 10.7. The molecule has 0 aromatic rings. The van der Waals surface area contributed by atoms with Crippen molar-refractivity contribution in [1.29, 1.82) is 0 Å². The number of thioether (sulfide) groups is 1. The molecule has 0 spiro atoms. The Hall–Kier alpha value is 0.310. The topological polar surface area (TPSA) is 12.0 Å². The van der Waals surface area contributed by atoms with Gasteiger partial charge in [-0.2, -0.15) is 11.8 Å². The lowest BCUT2D eigenvalue weighted by molar-refractivity contribution is 0.474. The van der Waals surface area contributed by atoms with Gasteiger partial charge in [0.2, 0.25) is 0 Å². The molecule has 2 heteroatoms. The van der Waals surface area contributed by atoms with Crippen LogP contribution in [0.15, 0.2) is 0 Å². The summed E-state index contributed by atoms with van der Waals surface area (Å²) in [4.78, 5) is 0. The van der Waals surface area contributed by atoms with Crippen LogP contribution in [0.3, 0.4) is 0 Å². The van der Waals surface area contributed by atoms with Crippen LogP contribution in [0, 0.1) is 5.92 Å². The maximum absolute atomic E-state index is 3.68. The van der Waals surface area contributed by atoms with Gasteiger partial charge in [0.25, 0.3) is 0 Å². The fourth-order valence-corrected chi connectivity index (χ4v) is 3.19. The summed E-state index contributed by atoms with van der Waals surface area (Å²) < 4.78 is 0. The van der Waals surface area contributed by atoms with Gasteiger partial charge in [0.1, 0.15) is 0 Å².